The Bertz CT molecular complexity index is 1550. The lowest BCUT2D eigenvalue weighted by atomic mass is 10.1. The molecule has 0 N–H and O–H groups in total. The van der Waals surface area contributed by atoms with Crippen molar-refractivity contribution in [1.82, 2.24) is 0 Å². The number of hydrogen-bond donors (Lipinski definition) is 0. The molecule has 0 saturated carbocycles. The van der Waals surface area contributed by atoms with Crippen LogP contribution in [0.15, 0.2) is 134 Å². The quantitative estimate of drug-likeness (QED) is 0.0262. The van der Waals surface area contributed by atoms with Crippen molar-refractivity contribution in [3.05, 3.63) is 134 Å². The van der Waals surface area contributed by atoms with E-state index in [9.17, 15) is 14.4 Å². The highest BCUT2D eigenvalue weighted by molar-refractivity contribution is 5.71. The zero-order valence-electron chi connectivity index (χ0n) is 45.7. The van der Waals surface area contributed by atoms with Gasteiger partial charge in [-0.3, -0.25) is 14.4 Å². The first kappa shape index (κ1) is 66.6. The van der Waals surface area contributed by atoms with E-state index in [-0.39, 0.29) is 37.5 Å². The van der Waals surface area contributed by atoms with Crippen LogP contribution < -0.4 is 0 Å². The Balaban J connectivity index is 4.47. The number of esters is 3. The summed E-state index contributed by atoms with van der Waals surface area (Å²) < 4.78 is 16.8. The van der Waals surface area contributed by atoms with Gasteiger partial charge in [-0.1, -0.05) is 225 Å². The van der Waals surface area contributed by atoms with E-state index in [4.69, 9.17) is 14.2 Å². The van der Waals surface area contributed by atoms with Crippen molar-refractivity contribution < 1.29 is 28.6 Å². The number of allylic oxidation sites excluding steroid dienone is 22. The molecule has 0 bridgehead atoms. The molecule has 400 valence electrons. The van der Waals surface area contributed by atoms with Gasteiger partial charge in [0.2, 0.25) is 0 Å². The van der Waals surface area contributed by atoms with Crippen molar-refractivity contribution in [2.45, 2.75) is 245 Å². The van der Waals surface area contributed by atoms with E-state index in [1.54, 1.807) is 0 Å². The molecule has 71 heavy (non-hydrogen) atoms. The predicted molar refractivity (Wildman–Crippen MR) is 306 cm³/mol. The molecule has 0 aliphatic heterocycles. The predicted octanol–water partition coefficient (Wildman–Crippen LogP) is 19.4. The first-order valence-electron chi connectivity index (χ1n) is 28.7. The van der Waals surface area contributed by atoms with Gasteiger partial charge in [0.25, 0.3) is 0 Å². The van der Waals surface area contributed by atoms with Crippen molar-refractivity contribution >= 4 is 17.9 Å². The summed E-state index contributed by atoms with van der Waals surface area (Å²) in [4.78, 5) is 38.2. The maximum Gasteiger partial charge on any atom is 0.306 e. The van der Waals surface area contributed by atoms with Crippen LogP contribution in [0.3, 0.4) is 0 Å². The molecular formula is C65H104O6. The van der Waals surface area contributed by atoms with Gasteiger partial charge in [0.15, 0.2) is 6.10 Å². The van der Waals surface area contributed by atoms with Gasteiger partial charge in [-0.05, 0) is 128 Å². The molecule has 6 heteroatoms. The highest BCUT2D eigenvalue weighted by Crippen LogP contribution is 2.14. The zero-order valence-corrected chi connectivity index (χ0v) is 45.7. The standard InChI is InChI=1S/C65H104O6/c1-4-7-10-13-16-19-22-25-28-30-31-32-33-35-37-40-43-46-49-52-55-58-64(67)70-61-62(60-69-63(66)57-54-51-48-45-42-39-36-27-24-21-18-15-12-9-6-3)71-65(68)59-56-53-50-47-44-41-38-34-29-26-23-20-17-14-11-8-5-2/h7-12,16-21,25-29,31-32,36,38,41,62H,4-6,13-15,22-24,30,33-35,37,39-40,42-61H2,1-3H3/b10-7-,11-8-,12-9-,19-16-,20-17-,21-18-,28-25-,29-26-,32-31-,36-27-,41-38-. The van der Waals surface area contributed by atoms with Crippen molar-refractivity contribution in [1.29, 1.82) is 0 Å². The average molecular weight is 982 g/mol. The van der Waals surface area contributed by atoms with Crippen molar-refractivity contribution in [2.24, 2.45) is 0 Å². The van der Waals surface area contributed by atoms with Crippen LogP contribution in [0.1, 0.15) is 239 Å². The van der Waals surface area contributed by atoms with Gasteiger partial charge in [-0.25, -0.2) is 0 Å². The Morgan fingerprint density at radius 3 is 0.789 bits per heavy atom. The molecule has 0 heterocycles. The molecule has 0 aliphatic rings. The molecule has 6 nitrogen and oxygen atoms in total. The van der Waals surface area contributed by atoms with Crippen LogP contribution in [-0.4, -0.2) is 37.2 Å². The van der Waals surface area contributed by atoms with Gasteiger partial charge in [-0.2, -0.15) is 0 Å². The molecular weight excluding hydrogens is 877 g/mol. The molecule has 1 atom stereocenters. The zero-order chi connectivity index (χ0) is 51.4. The van der Waals surface area contributed by atoms with Gasteiger partial charge >= 0.3 is 17.9 Å². The van der Waals surface area contributed by atoms with E-state index in [1.807, 2.05) is 0 Å². The van der Waals surface area contributed by atoms with E-state index in [1.165, 1.54) is 32.1 Å². The Kier molecular flexibility index (Phi) is 54.5. The van der Waals surface area contributed by atoms with Crippen LogP contribution in [0.25, 0.3) is 0 Å². The van der Waals surface area contributed by atoms with E-state index in [2.05, 4.69) is 154 Å². The lowest BCUT2D eigenvalue weighted by molar-refractivity contribution is -0.167. The molecule has 0 rings (SSSR count). The van der Waals surface area contributed by atoms with E-state index < -0.39 is 6.10 Å². The largest absolute Gasteiger partial charge is 0.462 e. The Morgan fingerprint density at radius 2 is 0.507 bits per heavy atom. The Hall–Kier alpha value is -4.45. The molecule has 0 saturated heterocycles. The van der Waals surface area contributed by atoms with Crippen LogP contribution in [0, 0.1) is 0 Å². The van der Waals surface area contributed by atoms with Crippen LogP contribution in [0.2, 0.25) is 0 Å². The minimum atomic E-state index is -0.807. The first-order valence-corrected chi connectivity index (χ1v) is 28.7. The number of carbonyl (C=O) groups is 3. The molecule has 0 aromatic carbocycles. The fraction of sp³-hybridized carbons (Fsp3) is 0.615. The van der Waals surface area contributed by atoms with Crippen LogP contribution in [-0.2, 0) is 28.6 Å². The van der Waals surface area contributed by atoms with Crippen molar-refractivity contribution in [3.8, 4) is 0 Å². The second-order valence-electron chi connectivity index (χ2n) is 18.4. The lowest BCUT2D eigenvalue weighted by Gasteiger charge is -2.18. The molecule has 0 aromatic rings. The van der Waals surface area contributed by atoms with E-state index >= 15 is 0 Å². The number of carbonyl (C=O) groups excluding carboxylic acids is 3. The second kappa shape index (κ2) is 58.1. The summed E-state index contributed by atoms with van der Waals surface area (Å²) in [7, 11) is 0. The van der Waals surface area contributed by atoms with Gasteiger partial charge in [0.1, 0.15) is 13.2 Å². The highest BCUT2D eigenvalue weighted by atomic mass is 16.6. The van der Waals surface area contributed by atoms with Gasteiger partial charge in [-0.15, -0.1) is 0 Å². The third-order valence-electron chi connectivity index (χ3n) is 11.6. The van der Waals surface area contributed by atoms with Crippen LogP contribution in [0.5, 0.6) is 0 Å². The van der Waals surface area contributed by atoms with Gasteiger partial charge < -0.3 is 14.2 Å². The Labute approximate surface area is 436 Å². The van der Waals surface area contributed by atoms with Gasteiger partial charge in [0.05, 0.1) is 0 Å². The van der Waals surface area contributed by atoms with Gasteiger partial charge in [0, 0.05) is 19.3 Å². The SMILES string of the molecule is CC/C=C\C/C=C\C/C=C\C/C=C\CCCCCCCCCCC(=O)OCC(COC(=O)CCCCCCC/C=C\C/C=C\C/C=C\CC)OC(=O)CCCCCC/C=C\C/C=C\C/C=C\C/C=C\CC. The summed E-state index contributed by atoms with van der Waals surface area (Å²) in [6, 6.07) is 0. The second-order valence-corrected chi connectivity index (χ2v) is 18.4. The summed E-state index contributed by atoms with van der Waals surface area (Å²) in [5.41, 5.74) is 0. The molecule has 0 fully saturated rings. The number of hydrogen-bond acceptors (Lipinski definition) is 6. The number of ether oxygens (including phenoxy) is 3. The smallest absolute Gasteiger partial charge is 0.306 e. The molecule has 0 amide bonds. The minimum Gasteiger partial charge on any atom is -0.462 e. The first-order chi connectivity index (χ1) is 35.0. The summed E-state index contributed by atoms with van der Waals surface area (Å²) in [5, 5.41) is 0. The molecule has 0 aliphatic carbocycles. The summed E-state index contributed by atoms with van der Waals surface area (Å²) in [5.74, 6) is -0.955. The van der Waals surface area contributed by atoms with Crippen molar-refractivity contribution in [2.75, 3.05) is 13.2 Å². The molecule has 0 aromatic heterocycles. The van der Waals surface area contributed by atoms with Crippen LogP contribution in [0.4, 0.5) is 0 Å². The number of rotatable bonds is 50. The highest BCUT2D eigenvalue weighted by Gasteiger charge is 2.19. The normalized spacial score (nSPS) is 13.1. The fourth-order valence-electron chi connectivity index (χ4n) is 7.44. The van der Waals surface area contributed by atoms with Crippen LogP contribution >= 0.6 is 0 Å². The summed E-state index contributed by atoms with van der Waals surface area (Å²) in [6.45, 7) is 6.25. The maximum absolute atomic E-state index is 12.9. The van der Waals surface area contributed by atoms with E-state index in [0.717, 1.165) is 167 Å². The summed E-state index contributed by atoms with van der Waals surface area (Å²) in [6.07, 6.45) is 81.5. The summed E-state index contributed by atoms with van der Waals surface area (Å²) >= 11 is 0. The molecule has 0 radical (unpaired) electrons. The third-order valence-corrected chi connectivity index (χ3v) is 11.6. The number of unbranched alkanes of at least 4 members (excludes halogenated alkanes) is 17. The minimum absolute atomic E-state index is 0.103. The average Bonchev–Trinajstić information content (AvgIpc) is 3.37. The Morgan fingerprint density at radius 1 is 0.282 bits per heavy atom. The third kappa shape index (κ3) is 56.3. The fourth-order valence-corrected chi connectivity index (χ4v) is 7.44. The lowest BCUT2D eigenvalue weighted by Crippen LogP contribution is -2.30. The van der Waals surface area contributed by atoms with E-state index in [0.29, 0.717) is 12.8 Å². The molecule has 0 spiro atoms. The van der Waals surface area contributed by atoms with Crippen molar-refractivity contribution in [3.63, 3.8) is 0 Å². The topological polar surface area (TPSA) is 78.9 Å². The maximum atomic E-state index is 12.9. The molecule has 1 unspecified atom stereocenters. The monoisotopic (exact) mass is 981 g/mol.